The Bertz CT molecular complexity index is 152. The first-order chi connectivity index (χ1) is 5.43. The Morgan fingerprint density at radius 3 is 3.27 bits per heavy atom. The van der Waals surface area contributed by atoms with Crippen molar-refractivity contribution in [1.82, 2.24) is 5.32 Å². The lowest BCUT2D eigenvalue weighted by atomic mass is 10.1. The SMILES string of the molecule is CNCC=CC1CCC=CO1. The third kappa shape index (κ3) is 3.23. The summed E-state index contributed by atoms with van der Waals surface area (Å²) in [5.74, 6) is 0. The van der Waals surface area contributed by atoms with Crippen molar-refractivity contribution in [2.75, 3.05) is 13.6 Å². The molecule has 0 aromatic heterocycles. The predicted octanol–water partition coefficient (Wildman–Crippen LogP) is 1.45. The molecule has 1 rings (SSSR count). The van der Waals surface area contributed by atoms with Crippen LogP contribution in [0, 0.1) is 0 Å². The van der Waals surface area contributed by atoms with Crippen molar-refractivity contribution in [3.8, 4) is 0 Å². The van der Waals surface area contributed by atoms with E-state index in [9.17, 15) is 0 Å². The van der Waals surface area contributed by atoms with Crippen LogP contribution in [-0.4, -0.2) is 19.7 Å². The molecule has 62 valence electrons. The van der Waals surface area contributed by atoms with Crippen molar-refractivity contribution in [2.24, 2.45) is 0 Å². The van der Waals surface area contributed by atoms with Gasteiger partial charge in [-0.05, 0) is 32.0 Å². The van der Waals surface area contributed by atoms with Crippen LogP contribution in [0.5, 0.6) is 0 Å². The molecule has 0 radical (unpaired) electrons. The first-order valence-electron chi connectivity index (χ1n) is 4.05. The van der Waals surface area contributed by atoms with Gasteiger partial charge in [0.1, 0.15) is 6.10 Å². The minimum Gasteiger partial charge on any atom is -0.494 e. The van der Waals surface area contributed by atoms with E-state index in [2.05, 4.69) is 23.5 Å². The quantitative estimate of drug-likeness (QED) is 0.620. The van der Waals surface area contributed by atoms with Crippen molar-refractivity contribution < 1.29 is 4.74 Å². The molecule has 0 aliphatic carbocycles. The second kappa shape index (κ2) is 4.97. The summed E-state index contributed by atoms with van der Waals surface area (Å²) in [6, 6.07) is 0. The van der Waals surface area contributed by atoms with E-state index in [0.29, 0.717) is 6.10 Å². The third-order valence-corrected chi connectivity index (χ3v) is 1.64. The third-order valence-electron chi connectivity index (χ3n) is 1.64. The number of rotatable bonds is 3. The zero-order chi connectivity index (χ0) is 7.94. The summed E-state index contributed by atoms with van der Waals surface area (Å²) in [7, 11) is 1.94. The highest BCUT2D eigenvalue weighted by atomic mass is 16.5. The predicted molar refractivity (Wildman–Crippen MR) is 46.3 cm³/mol. The van der Waals surface area contributed by atoms with Crippen LogP contribution in [-0.2, 0) is 4.74 Å². The number of hydrogen-bond acceptors (Lipinski definition) is 2. The van der Waals surface area contributed by atoms with Gasteiger partial charge in [0, 0.05) is 6.54 Å². The highest BCUT2D eigenvalue weighted by Crippen LogP contribution is 2.10. The molecule has 0 amide bonds. The molecule has 0 saturated heterocycles. The summed E-state index contributed by atoms with van der Waals surface area (Å²) < 4.78 is 5.33. The monoisotopic (exact) mass is 153 g/mol. The Labute approximate surface area is 67.9 Å². The fourth-order valence-corrected chi connectivity index (χ4v) is 1.03. The Balaban J connectivity index is 2.20. The normalized spacial score (nSPS) is 23.9. The van der Waals surface area contributed by atoms with E-state index in [1.807, 2.05) is 7.05 Å². The van der Waals surface area contributed by atoms with E-state index in [1.165, 1.54) is 0 Å². The summed E-state index contributed by atoms with van der Waals surface area (Å²) in [6.07, 6.45) is 10.6. The van der Waals surface area contributed by atoms with Gasteiger partial charge in [0.05, 0.1) is 6.26 Å². The molecule has 1 aliphatic rings. The Hall–Kier alpha value is -0.760. The van der Waals surface area contributed by atoms with E-state index in [-0.39, 0.29) is 0 Å². The van der Waals surface area contributed by atoms with Crippen LogP contribution < -0.4 is 5.32 Å². The van der Waals surface area contributed by atoms with Gasteiger partial charge in [0.25, 0.3) is 0 Å². The number of hydrogen-bond donors (Lipinski definition) is 1. The van der Waals surface area contributed by atoms with Gasteiger partial charge in [-0.1, -0.05) is 6.08 Å². The molecule has 0 aromatic rings. The molecule has 2 heteroatoms. The minimum absolute atomic E-state index is 0.299. The van der Waals surface area contributed by atoms with Gasteiger partial charge < -0.3 is 10.1 Å². The van der Waals surface area contributed by atoms with Gasteiger partial charge in [-0.2, -0.15) is 0 Å². The van der Waals surface area contributed by atoms with Crippen molar-refractivity contribution in [3.05, 3.63) is 24.5 Å². The van der Waals surface area contributed by atoms with Crippen LogP contribution >= 0.6 is 0 Å². The number of nitrogens with one attached hydrogen (secondary N) is 1. The molecule has 2 nitrogen and oxygen atoms in total. The van der Waals surface area contributed by atoms with E-state index >= 15 is 0 Å². The molecular weight excluding hydrogens is 138 g/mol. The number of likely N-dealkylation sites (N-methyl/N-ethyl adjacent to an activating group) is 1. The van der Waals surface area contributed by atoms with E-state index in [4.69, 9.17) is 4.74 Å². The summed E-state index contributed by atoms with van der Waals surface area (Å²) >= 11 is 0. The summed E-state index contributed by atoms with van der Waals surface area (Å²) in [4.78, 5) is 0. The maximum Gasteiger partial charge on any atom is 0.116 e. The summed E-state index contributed by atoms with van der Waals surface area (Å²) in [5, 5.41) is 3.05. The Morgan fingerprint density at radius 1 is 1.73 bits per heavy atom. The molecule has 1 heterocycles. The topological polar surface area (TPSA) is 21.3 Å². The minimum atomic E-state index is 0.299. The van der Waals surface area contributed by atoms with Crippen LogP contribution in [0.15, 0.2) is 24.5 Å². The average Bonchev–Trinajstić information content (AvgIpc) is 2.07. The summed E-state index contributed by atoms with van der Waals surface area (Å²) in [5.41, 5.74) is 0. The van der Waals surface area contributed by atoms with Crippen molar-refractivity contribution in [1.29, 1.82) is 0 Å². The maximum atomic E-state index is 5.33. The van der Waals surface area contributed by atoms with Crippen molar-refractivity contribution in [3.63, 3.8) is 0 Å². The van der Waals surface area contributed by atoms with Gasteiger partial charge >= 0.3 is 0 Å². The van der Waals surface area contributed by atoms with Gasteiger partial charge in [-0.25, -0.2) is 0 Å². The first kappa shape index (κ1) is 8.34. The molecule has 0 bridgehead atoms. The molecule has 1 unspecified atom stereocenters. The first-order valence-corrected chi connectivity index (χ1v) is 4.05. The van der Waals surface area contributed by atoms with E-state index in [1.54, 1.807) is 6.26 Å². The molecule has 0 saturated carbocycles. The largest absolute Gasteiger partial charge is 0.494 e. The van der Waals surface area contributed by atoms with Crippen LogP contribution in [0.1, 0.15) is 12.8 Å². The van der Waals surface area contributed by atoms with Crippen LogP contribution in [0.3, 0.4) is 0 Å². The molecule has 0 spiro atoms. The second-order valence-corrected chi connectivity index (χ2v) is 2.61. The zero-order valence-electron chi connectivity index (χ0n) is 6.92. The van der Waals surface area contributed by atoms with Crippen LogP contribution in [0.2, 0.25) is 0 Å². The van der Waals surface area contributed by atoms with Gasteiger partial charge in [0.2, 0.25) is 0 Å². The molecule has 11 heavy (non-hydrogen) atoms. The standard InChI is InChI=1S/C9H15NO/c1-10-7-4-6-9-5-2-3-8-11-9/h3-4,6,8-10H,2,5,7H2,1H3. The van der Waals surface area contributed by atoms with Crippen LogP contribution in [0.25, 0.3) is 0 Å². The van der Waals surface area contributed by atoms with Crippen molar-refractivity contribution in [2.45, 2.75) is 18.9 Å². The fraction of sp³-hybridized carbons (Fsp3) is 0.556. The zero-order valence-corrected chi connectivity index (χ0v) is 6.92. The highest BCUT2D eigenvalue weighted by Gasteiger charge is 2.04. The molecule has 1 N–H and O–H groups in total. The smallest absolute Gasteiger partial charge is 0.116 e. The number of ether oxygens (including phenoxy) is 1. The number of allylic oxidation sites excluding steroid dienone is 1. The lowest BCUT2D eigenvalue weighted by Crippen LogP contribution is -2.10. The van der Waals surface area contributed by atoms with Crippen molar-refractivity contribution >= 4 is 0 Å². The lowest BCUT2D eigenvalue weighted by molar-refractivity contribution is 0.165. The Kier molecular flexibility index (Phi) is 3.76. The fourth-order valence-electron chi connectivity index (χ4n) is 1.03. The molecule has 0 aromatic carbocycles. The van der Waals surface area contributed by atoms with Gasteiger partial charge in [-0.3, -0.25) is 0 Å². The molecule has 1 atom stereocenters. The molecule has 1 aliphatic heterocycles. The van der Waals surface area contributed by atoms with Gasteiger partial charge in [-0.15, -0.1) is 0 Å². The van der Waals surface area contributed by atoms with E-state index in [0.717, 1.165) is 19.4 Å². The Morgan fingerprint density at radius 2 is 2.64 bits per heavy atom. The van der Waals surface area contributed by atoms with E-state index < -0.39 is 0 Å². The maximum absolute atomic E-state index is 5.33. The second-order valence-electron chi connectivity index (χ2n) is 2.61. The van der Waals surface area contributed by atoms with Gasteiger partial charge in [0.15, 0.2) is 0 Å². The van der Waals surface area contributed by atoms with Crippen LogP contribution in [0.4, 0.5) is 0 Å². The summed E-state index contributed by atoms with van der Waals surface area (Å²) in [6.45, 7) is 0.920. The average molecular weight is 153 g/mol. The molecular formula is C9H15NO. The highest BCUT2D eigenvalue weighted by molar-refractivity contribution is 4.95. The lowest BCUT2D eigenvalue weighted by Gasteiger charge is -2.14. The molecule has 0 fully saturated rings.